The number of rotatable bonds is 5. The summed E-state index contributed by atoms with van der Waals surface area (Å²) in [6, 6.07) is -0.385. The quantitative estimate of drug-likeness (QED) is 0.717. The van der Waals surface area contributed by atoms with Crippen molar-refractivity contribution in [2.75, 3.05) is 6.54 Å². The zero-order valence-corrected chi connectivity index (χ0v) is 12.2. The van der Waals surface area contributed by atoms with E-state index in [0.717, 1.165) is 6.42 Å². The Hall–Kier alpha value is -1.26. The van der Waals surface area contributed by atoms with Gasteiger partial charge in [0.15, 0.2) is 0 Å². The molecule has 0 bridgehead atoms. The minimum absolute atomic E-state index is 0.357. The van der Waals surface area contributed by atoms with Crippen LogP contribution in [-0.2, 0) is 4.79 Å². The van der Waals surface area contributed by atoms with Gasteiger partial charge in [-0.15, -0.1) is 0 Å². The van der Waals surface area contributed by atoms with Crippen molar-refractivity contribution in [1.29, 1.82) is 0 Å². The highest BCUT2D eigenvalue weighted by Crippen LogP contribution is 2.28. The predicted molar refractivity (Wildman–Crippen MR) is 74.0 cm³/mol. The van der Waals surface area contributed by atoms with Crippen LogP contribution >= 0.6 is 0 Å². The van der Waals surface area contributed by atoms with Gasteiger partial charge in [-0.05, 0) is 31.6 Å². The summed E-state index contributed by atoms with van der Waals surface area (Å²) in [5, 5.41) is 14.5. The van der Waals surface area contributed by atoms with Crippen LogP contribution in [0.1, 0.15) is 52.9 Å². The Bertz CT molecular complexity index is 333. The van der Waals surface area contributed by atoms with Crippen LogP contribution in [0.5, 0.6) is 0 Å². The number of carboxylic acid groups (broad SMARTS) is 1. The van der Waals surface area contributed by atoms with Gasteiger partial charge >= 0.3 is 12.0 Å². The lowest BCUT2D eigenvalue weighted by Gasteiger charge is -2.30. The van der Waals surface area contributed by atoms with E-state index in [0.29, 0.717) is 24.8 Å². The summed E-state index contributed by atoms with van der Waals surface area (Å²) in [6.45, 7) is 6.12. The third-order valence-electron chi connectivity index (χ3n) is 4.38. The molecule has 2 amide bonds. The summed E-state index contributed by atoms with van der Waals surface area (Å²) in [4.78, 5) is 22.9. The van der Waals surface area contributed by atoms with Crippen LogP contribution < -0.4 is 10.6 Å². The van der Waals surface area contributed by atoms with E-state index in [9.17, 15) is 9.59 Å². The molecule has 3 atom stereocenters. The number of hydrogen-bond donors (Lipinski definition) is 3. The molecule has 0 aliphatic heterocycles. The summed E-state index contributed by atoms with van der Waals surface area (Å²) in [5.74, 6) is 0.138. The molecular weight excluding hydrogens is 244 g/mol. The highest BCUT2D eigenvalue weighted by atomic mass is 16.4. The molecule has 0 saturated heterocycles. The number of urea groups is 1. The standard InChI is InChI=1S/C14H26N2O3/c1-4-14(3,12(17)18)16-13(19)15-9-11-8-6-5-7-10(11)2/h10-11H,4-9H2,1-3H3,(H,17,18)(H2,15,16,19). The summed E-state index contributed by atoms with van der Waals surface area (Å²) in [5.41, 5.74) is -1.19. The van der Waals surface area contributed by atoms with E-state index in [1.54, 1.807) is 6.92 Å². The van der Waals surface area contributed by atoms with Gasteiger partial charge in [-0.2, -0.15) is 0 Å². The highest BCUT2D eigenvalue weighted by molar-refractivity contribution is 5.85. The van der Waals surface area contributed by atoms with Gasteiger partial charge in [-0.3, -0.25) is 0 Å². The number of amides is 2. The molecule has 5 heteroatoms. The molecule has 0 spiro atoms. The zero-order valence-electron chi connectivity index (χ0n) is 12.2. The molecule has 0 radical (unpaired) electrons. The second-order valence-electron chi connectivity index (χ2n) is 5.85. The van der Waals surface area contributed by atoms with Crippen LogP contribution in [0.15, 0.2) is 0 Å². The Morgan fingerprint density at radius 1 is 1.32 bits per heavy atom. The SMILES string of the molecule is CCC(C)(NC(=O)NCC1CCCCC1C)C(=O)O. The summed E-state index contributed by atoms with van der Waals surface area (Å²) < 4.78 is 0. The smallest absolute Gasteiger partial charge is 0.329 e. The van der Waals surface area contributed by atoms with E-state index in [1.165, 1.54) is 26.2 Å². The van der Waals surface area contributed by atoms with E-state index in [-0.39, 0.29) is 6.03 Å². The molecule has 0 heterocycles. The van der Waals surface area contributed by atoms with E-state index >= 15 is 0 Å². The van der Waals surface area contributed by atoms with E-state index in [2.05, 4.69) is 17.6 Å². The molecule has 1 fully saturated rings. The Balaban J connectivity index is 2.40. The van der Waals surface area contributed by atoms with Crippen molar-refractivity contribution in [3.63, 3.8) is 0 Å². The number of aliphatic carboxylic acids is 1. The molecule has 3 N–H and O–H groups in total. The van der Waals surface area contributed by atoms with Crippen LogP contribution in [0.4, 0.5) is 4.79 Å². The Labute approximate surface area is 115 Å². The number of nitrogens with one attached hydrogen (secondary N) is 2. The van der Waals surface area contributed by atoms with Gasteiger partial charge in [0.2, 0.25) is 0 Å². The maximum Gasteiger partial charge on any atom is 0.329 e. The molecule has 0 aromatic heterocycles. The monoisotopic (exact) mass is 270 g/mol. The van der Waals surface area contributed by atoms with Gasteiger partial charge < -0.3 is 15.7 Å². The van der Waals surface area contributed by atoms with Gasteiger partial charge in [0.25, 0.3) is 0 Å². The fourth-order valence-electron chi connectivity index (χ4n) is 2.51. The van der Waals surface area contributed by atoms with Gasteiger partial charge in [0, 0.05) is 6.54 Å². The molecule has 19 heavy (non-hydrogen) atoms. The van der Waals surface area contributed by atoms with E-state index in [4.69, 9.17) is 5.11 Å². The topological polar surface area (TPSA) is 78.4 Å². The summed E-state index contributed by atoms with van der Waals surface area (Å²) in [7, 11) is 0. The number of carbonyl (C=O) groups excluding carboxylic acids is 1. The summed E-state index contributed by atoms with van der Waals surface area (Å²) >= 11 is 0. The van der Waals surface area contributed by atoms with Crippen LogP contribution in [0, 0.1) is 11.8 Å². The molecule has 1 aliphatic carbocycles. The van der Waals surface area contributed by atoms with Gasteiger partial charge in [0.1, 0.15) is 5.54 Å². The second-order valence-corrected chi connectivity index (χ2v) is 5.85. The lowest BCUT2D eigenvalue weighted by atomic mass is 9.80. The minimum atomic E-state index is -1.19. The van der Waals surface area contributed by atoms with Crippen molar-refractivity contribution >= 4 is 12.0 Å². The van der Waals surface area contributed by atoms with Gasteiger partial charge in [0.05, 0.1) is 0 Å². The maximum atomic E-state index is 11.8. The fourth-order valence-corrected chi connectivity index (χ4v) is 2.51. The van der Waals surface area contributed by atoms with Crippen molar-refractivity contribution in [3.05, 3.63) is 0 Å². The first-order valence-electron chi connectivity index (χ1n) is 7.18. The largest absolute Gasteiger partial charge is 0.480 e. The average molecular weight is 270 g/mol. The number of carboxylic acids is 1. The van der Waals surface area contributed by atoms with Crippen molar-refractivity contribution < 1.29 is 14.7 Å². The van der Waals surface area contributed by atoms with Crippen molar-refractivity contribution in [2.24, 2.45) is 11.8 Å². The Morgan fingerprint density at radius 2 is 1.95 bits per heavy atom. The van der Waals surface area contributed by atoms with Crippen LogP contribution in [0.25, 0.3) is 0 Å². The molecule has 110 valence electrons. The third-order valence-corrected chi connectivity index (χ3v) is 4.38. The van der Waals surface area contributed by atoms with Crippen LogP contribution in [0.3, 0.4) is 0 Å². The van der Waals surface area contributed by atoms with Crippen LogP contribution in [-0.4, -0.2) is 29.2 Å². The molecular formula is C14H26N2O3. The van der Waals surface area contributed by atoms with Gasteiger partial charge in [-0.25, -0.2) is 9.59 Å². The number of hydrogen-bond acceptors (Lipinski definition) is 2. The maximum absolute atomic E-state index is 11.8. The number of carbonyl (C=O) groups is 2. The molecule has 1 aliphatic rings. The molecule has 3 unspecified atom stereocenters. The van der Waals surface area contributed by atoms with Crippen molar-refractivity contribution in [3.8, 4) is 0 Å². The molecule has 0 aromatic rings. The normalized spacial score (nSPS) is 26.3. The predicted octanol–water partition coefficient (Wildman–Crippen LogP) is 2.37. The molecule has 1 rings (SSSR count). The van der Waals surface area contributed by atoms with Crippen molar-refractivity contribution in [1.82, 2.24) is 10.6 Å². The van der Waals surface area contributed by atoms with Crippen molar-refractivity contribution in [2.45, 2.75) is 58.4 Å². The van der Waals surface area contributed by atoms with Gasteiger partial charge in [-0.1, -0.05) is 33.1 Å². The average Bonchev–Trinajstić information content (AvgIpc) is 2.37. The first-order valence-corrected chi connectivity index (χ1v) is 7.18. The molecule has 0 aromatic carbocycles. The molecule has 5 nitrogen and oxygen atoms in total. The Kier molecular flexibility index (Phi) is 5.63. The Morgan fingerprint density at radius 3 is 2.47 bits per heavy atom. The van der Waals surface area contributed by atoms with Crippen LogP contribution in [0.2, 0.25) is 0 Å². The van der Waals surface area contributed by atoms with E-state index < -0.39 is 11.5 Å². The zero-order chi connectivity index (χ0) is 14.5. The first kappa shape index (κ1) is 15.8. The molecule has 1 saturated carbocycles. The fraction of sp³-hybridized carbons (Fsp3) is 0.857. The second kappa shape index (κ2) is 6.78. The summed E-state index contributed by atoms with van der Waals surface area (Å²) in [6.07, 6.45) is 5.22. The van der Waals surface area contributed by atoms with E-state index in [1.807, 2.05) is 0 Å². The first-order chi connectivity index (χ1) is 8.89. The minimum Gasteiger partial charge on any atom is -0.480 e. The third kappa shape index (κ3) is 4.40. The highest BCUT2D eigenvalue weighted by Gasteiger charge is 2.33. The lowest BCUT2D eigenvalue weighted by molar-refractivity contribution is -0.143. The lowest BCUT2D eigenvalue weighted by Crippen LogP contribution is -2.55.